The van der Waals surface area contributed by atoms with Gasteiger partial charge in [-0.1, -0.05) is 0 Å². The van der Waals surface area contributed by atoms with Crippen LogP contribution in [0.1, 0.15) is 12.8 Å². The SMILES string of the molecule is COC1CN(C)CC12CC2. The Hall–Kier alpha value is -0.0800. The van der Waals surface area contributed by atoms with Gasteiger partial charge in [0.1, 0.15) is 0 Å². The standard InChI is InChI=1S/C8H15NO/c1-9-5-7(10-2)8(6-9)3-4-8/h7H,3-6H2,1-2H3. The zero-order valence-corrected chi connectivity index (χ0v) is 6.76. The number of ether oxygens (including phenoxy) is 1. The van der Waals surface area contributed by atoms with Crippen LogP contribution >= 0.6 is 0 Å². The summed E-state index contributed by atoms with van der Waals surface area (Å²) in [7, 11) is 4.02. The Morgan fingerprint density at radius 1 is 1.50 bits per heavy atom. The van der Waals surface area contributed by atoms with Gasteiger partial charge >= 0.3 is 0 Å². The number of hydrogen-bond acceptors (Lipinski definition) is 2. The molecule has 0 radical (unpaired) electrons. The zero-order valence-electron chi connectivity index (χ0n) is 6.76. The molecule has 2 aliphatic rings. The maximum atomic E-state index is 5.42. The molecule has 0 aromatic rings. The fourth-order valence-electron chi connectivity index (χ4n) is 2.15. The molecule has 1 heterocycles. The summed E-state index contributed by atoms with van der Waals surface area (Å²) in [6, 6.07) is 0. The molecule has 2 nitrogen and oxygen atoms in total. The molecule has 10 heavy (non-hydrogen) atoms. The quantitative estimate of drug-likeness (QED) is 0.533. The molecule has 1 aliphatic carbocycles. The maximum absolute atomic E-state index is 5.42. The second-order valence-electron chi connectivity index (χ2n) is 3.78. The Kier molecular flexibility index (Phi) is 1.29. The molecule has 2 heteroatoms. The van der Waals surface area contributed by atoms with Crippen LogP contribution in [0.2, 0.25) is 0 Å². The first-order valence-electron chi connectivity index (χ1n) is 3.98. The summed E-state index contributed by atoms with van der Waals surface area (Å²) in [5, 5.41) is 0. The summed E-state index contributed by atoms with van der Waals surface area (Å²) < 4.78 is 5.42. The average Bonchev–Trinajstić information content (AvgIpc) is 2.55. The summed E-state index contributed by atoms with van der Waals surface area (Å²) in [4.78, 5) is 2.38. The molecule has 1 spiro atoms. The lowest BCUT2D eigenvalue weighted by Gasteiger charge is -2.13. The minimum absolute atomic E-state index is 0.525. The largest absolute Gasteiger partial charge is 0.379 e. The molecule has 1 saturated heterocycles. The Morgan fingerprint density at radius 2 is 2.20 bits per heavy atom. The summed E-state index contributed by atoms with van der Waals surface area (Å²) in [6.45, 7) is 2.39. The lowest BCUT2D eigenvalue weighted by atomic mass is 10.0. The van der Waals surface area contributed by atoms with Gasteiger partial charge in [-0.25, -0.2) is 0 Å². The van der Waals surface area contributed by atoms with E-state index in [1.807, 2.05) is 7.11 Å². The molecule has 2 fully saturated rings. The van der Waals surface area contributed by atoms with Gasteiger partial charge < -0.3 is 9.64 Å². The van der Waals surface area contributed by atoms with Crippen LogP contribution in [0.4, 0.5) is 0 Å². The second kappa shape index (κ2) is 1.95. The van der Waals surface area contributed by atoms with Crippen molar-refractivity contribution in [2.24, 2.45) is 5.41 Å². The van der Waals surface area contributed by atoms with Gasteiger partial charge in [0.2, 0.25) is 0 Å². The van der Waals surface area contributed by atoms with Crippen LogP contribution in [0.3, 0.4) is 0 Å². The lowest BCUT2D eigenvalue weighted by Crippen LogP contribution is -2.21. The number of likely N-dealkylation sites (N-methyl/N-ethyl adjacent to an activating group) is 1. The van der Waals surface area contributed by atoms with Crippen LogP contribution in [0.5, 0.6) is 0 Å². The summed E-state index contributed by atoms with van der Waals surface area (Å²) in [6.07, 6.45) is 3.30. The molecule has 1 atom stereocenters. The van der Waals surface area contributed by atoms with Crippen molar-refractivity contribution in [3.05, 3.63) is 0 Å². The minimum Gasteiger partial charge on any atom is -0.379 e. The van der Waals surface area contributed by atoms with Gasteiger partial charge in [0.15, 0.2) is 0 Å². The molecule has 1 saturated carbocycles. The molecule has 1 aliphatic heterocycles. The van der Waals surface area contributed by atoms with Crippen LogP contribution in [0.15, 0.2) is 0 Å². The van der Waals surface area contributed by atoms with Crippen molar-refractivity contribution in [2.45, 2.75) is 18.9 Å². The summed E-state index contributed by atoms with van der Waals surface area (Å²) in [5.74, 6) is 0. The van der Waals surface area contributed by atoms with E-state index < -0.39 is 0 Å². The van der Waals surface area contributed by atoms with E-state index in [4.69, 9.17) is 4.74 Å². The Bertz CT molecular complexity index is 142. The van der Waals surface area contributed by atoms with Crippen LogP contribution in [0, 0.1) is 5.41 Å². The van der Waals surface area contributed by atoms with E-state index in [1.165, 1.54) is 19.4 Å². The van der Waals surface area contributed by atoms with Crippen molar-refractivity contribution in [1.82, 2.24) is 4.90 Å². The van der Waals surface area contributed by atoms with Crippen LogP contribution < -0.4 is 0 Å². The first-order valence-corrected chi connectivity index (χ1v) is 3.98. The molecular formula is C8H15NO. The molecule has 0 aromatic carbocycles. The van der Waals surface area contributed by atoms with Gasteiger partial charge in [-0.2, -0.15) is 0 Å². The number of methoxy groups -OCH3 is 1. The van der Waals surface area contributed by atoms with E-state index in [0.29, 0.717) is 11.5 Å². The predicted molar refractivity (Wildman–Crippen MR) is 40.0 cm³/mol. The fourth-order valence-corrected chi connectivity index (χ4v) is 2.15. The molecule has 0 bridgehead atoms. The van der Waals surface area contributed by atoms with E-state index in [-0.39, 0.29) is 0 Å². The highest BCUT2D eigenvalue weighted by molar-refractivity contribution is 5.06. The smallest absolute Gasteiger partial charge is 0.0766 e. The normalized spacial score (nSPS) is 37.2. The maximum Gasteiger partial charge on any atom is 0.0766 e. The molecule has 2 rings (SSSR count). The average molecular weight is 141 g/mol. The van der Waals surface area contributed by atoms with Gasteiger partial charge in [-0.15, -0.1) is 0 Å². The zero-order chi connectivity index (χ0) is 7.19. The van der Waals surface area contributed by atoms with Crippen LogP contribution in [-0.4, -0.2) is 38.3 Å². The van der Waals surface area contributed by atoms with Crippen LogP contribution in [-0.2, 0) is 4.74 Å². The first-order chi connectivity index (χ1) is 4.77. The third-order valence-corrected chi connectivity index (χ3v) is 2.92. The van der Waals surface area contributed by atoms with E-state index in [2.05, 4.69) is 11.9 Å². The lowest BCUT2D eigenvalue weighted by molar-refractivity contribution is 0.0707. The third-order valence-electron chi connectivity index (χ3n) is 2.92. The molecular weight excluding hydrogens is 126 g/mol. The predicted octanol–water partition coefficient (Wildman–Crippen LogP) is 0.727. The first kappa shape index (κ1) is 6.62. The van der Waals surface area contributed by atoms with Crippen molar-refractivity contribution in [1.29, 1.82) is 0 Å². The highest BCUT2D eigenvalue weighted by Gasteiger charge is 2.54. The highest BCUT2D eigenvalue weighted by Crippen LogP contribution is 2.53. The van der Waals surface area contributed by atoms with Gasteiger partial charge in [0.25, 0.3) is 0 Å². The van der Waals surface area contributed by atoms with Crippen molar-refractivity contribution in [3.8, 4) is 0 Å². The van der Waals surface area contributed by atoms with Gasteiger partial charge in [0.05, 0.1) is 6.10 Å². The Morgan fingerprint density at radius 3 is 2.60 bits per heavy atom. The van der Waals surface area contributed by atoms with Gasteiger partial charge in [0, 0.05) is 25.6 Å². The van der Waals surface area contributed by atoms with Crippen molar-refractivity contribution in [3.63, 3.8) is 0 Å². The van der Waals surface area contributed by atoms with E-state index in [1.54, 1.807) is 0 Å². The van der Waals surface area contributed by atoms with Crippen molar-refractivity contribution in [2.75, 3.05) is 27.2 Å². The van der Waals surface area contributed by atoms with E-state index >= 15 is 0 Å². The number of hydrogen-bond donors (Lipinski definition) is 0. The Balaban J connectivity index is 2.06. The molecule has 0 aromatic heterocycles. The monoisotopic (exact) mass is 141 g/mol. The number of rotatable bonds is 1. The van der Waals surface area contributed by atoms with Crippen LogP contribution in [0.25, 0.3) is 0 Å². The van der Waals surface area contributed by atoms with E-state index in [0.717, 1.165) is 6.54 Å². The van der Waals surface area contributed by atoms with Gasteiger partial charge in [-0.3, -0.25) is 0 Å². The summed E-state index contributed by atoms with van der Waals surface area (Å²) in [5.41, 5.74) is 0.587. The second-order valence-corrected chi connectivity index (χ2v) is 3.78. The van der Waals surface area contributed by atoms with E-state index in [9.17, 15) is 0 Å². The topological polar surface area (TPSA) is 12.5 Å². The molecule has 1 unspecified atom stereocenters. The number of likely N-dealkylation sites (tertiary alicyclic amines) is 1. The van der Waals surface area contributed by atoms with Crippen molar-refractivity contribution < 1.29 is 4.74 Å². The fraction of sp³-hybridized carbons (Fsp3) is 1.00. The summed E-state index contributed by atoms with van der Waals surface area (Å²) >= 11 is 0. The number of nitrogens with zero attached hydrogens (tertiary/aromatic N) is 1. The molecule has 0 N–H and O–H groups in total. The van der Waals surface area contributed by atoms with Gasteiger partial charge in [-0.05, 0) is 19.9 Å². The van der Waals surface area contributed by atoms with Crippen molar-refractivity contribution >= 4 is 0 Å². The molecule has 0 amide bonds. The minimum atomic E-state index is 0.525. The Labute approximate surface area is 62.2 Å². The third kappa shape index (κ3) is 0.789. The molecule has 58 valence electrons. The highest BCUT2D eigenvalue weighted by atomic mass is 16.5.